The van der Waals surface area contributed by atoms with Gasteiger partial charge in [0, 0.05) is 10.9 Å². The minimum absolute atomic E-state index is 0.0813. The summed E-state index contributed by atoms with van der Waals surface area (Å²) in [5.74, 6) is -0.923. The number of anilines is 1. The molecule has 1 amide bonds. The second kappa shape index (κ2) is 9.97. The van der Waals surface area contributed by atoms with Crippen LogP contribution in [0.5, 0.6) is 11.5 Å². The number of phenols is 1. The number of phenolic OH excluding ortho intramolecular Hbond substituents is 1. The summed E-state index contributed by atoms with van der Waals surface area (Å²) in [5, 5.41) is 12.7. The molecule has 0 aliphatic heterocycles. The van der Waals surface area contributed by atoms with E-state index in [1.807, 2.05) is 30.3 Å². The van der Waals surface area contributed by atoms with Gasteiger partial charge >= 0.3 is 6.18 Å². The maximum atomic E-state index is 13.4. The topological polar surface area (TPSA) is 58.6 Å². The van der Waals surface area contributed by atoms with Crippen LogP contribution in [-0.2, 0) is 6.18 Å². The number of hydrogen-bond acceptors (Lipinski definition) is 3. The van der Waals surface area contributed by atoms with E-state index < -0.39 is 17.6 Å². The fourth-order valence-corrected chi connectivity index (χ4v) is 4.44. The Labute approximate surface area is 200 Å². The van der Waals surface area contributed by atoms with Crippen LogP contribution >= 0.6 is 11.6 Å². The molecule has 4 nitrogen and oxygen atoms in total. The van der Waals surface area contributed by atoms with Gasteiger partial charge in [-0.05, 0) is 61.2 Å². The Hall–Kier alpha value is -3.19. The number of amides is 1. The molecule has 1 aliphatic carbocycles. The Morgan fingerprint density at radius 3 is 2.47 bits per heavy atom. The van der Waals surface area contributed by atoms with Crippen molar-refractivity contribution in [1.82, 2.24) is 0 Å². The highest BCUT2D eigenvalue weighted by Crippen LogP contribution is 2.40. The first-order valence-corrected chi connectivity index (χ1v) is 11.3. The van der Waals surface area contributed by atoms with Gasteiger partial charge in [0.1, 0.15) is 17.6 Å². The summed E-state index contributed by atoms with van der Waals surface area (Å²) in [6.45, 7) is 0. The van der Waals surface area contributed by atoms with E-state index in [0.29, 0.717) is 0 Å². The number of nitrogens with one attached hydrogen (secondary N) is 1. The molecule has 3 aromatic carbocycles. The number of aromatic hydroxyl groups is 1. The van der Waals surface area contributed by atoms with E-state index in [2.05, 4.69) is 5.32 Å². The number of carbonyl (C=O) groups is 1. The number of rotatable bonds is 5. The molecular weight excluding hydrogens is 467 g/mol. The lowest BCUT2D eigenvalue weighted by Crippen LogP contribution is -2.29. The van der Waals surface area contributed by atoms with E-state index in [1.165, 1.54) is 24.3 Å². The second-order valence-corrected chi connectivity index (χ2v) is 8.72. The van der Waals surface area contributed by atoms with Gasteiger partial charge in [-0.3, -0.25) is 4.79 Å². The van der Waals surface area contributed by atoms with Crippen LogP contribution in [0, 0.1) is 0 Å². The monoisotopic (exact) mass is 489 g/mol. The van der Waals surface area contributed by atoms with Gasteiger partial charge in [-0.1, -0.05) is 48.4 Å². The Morgan fingerprint density at radius 1 is 1.00 bits per heavy atom. The highest BCUT2D eigenvalue weighted by molar-refractivity contribution is 6.31. The van der Waals surface area contributed by atoms with Gasteiger partial charge in [0.2, 0.25) is 0 Å². The molecule has 1 aliphatic rings. The minimum Gasteiger partial charge on any atom is -0.507 e. The largest absolute Gasteiger partial charge is 0.507 e. The van der Waals surface area contributed by atoms with Crippen molar-refractivity contribution in [2.75, 3.05) is 5.32 Å². The molecule has 2 N–H and O–H groups in total. The normalized spacial score (nSPS) is 18.4. The number of ether oxygens (including phenoxy) is 1. The second-order valence-electron chi connectivity index (χ2n) is 8.28. The molecule has 0 bridgehead atoms. The average Bonchev–Trinajstić information content (AvgIpc) is 2.82. The van der Waals surface area contributed by atoms with E-state index in [9.17, 15) is 23.1 Å². The zero-order chi connectivity index (χ0) is 24.3. The van der Waals surface area contributed by atoms with Gasteiger partial charge in [0.25, 0.3) is 5.91 Å². The van der Waals surface area contributed by atoms with Crippen molar-refractivity contribution in [3.8, 4) is 11.5 Å². The lowest BCUT2D eigenvalue weighted by Gasteiger charge is -2.33. The van der Waals surface area contributed by atoms with Gasteiger partial charge in [-0.15, -0.1) is 0 Å². The number of hydrogen-bond donors (Lipinski definition) is 2. The lowest BCUT2D eigenvalue weighted by molar-refractivity contribution is -0.137. The van der Waals surface area contributed by atoms with E-state index in [-0.39, 0.29) is 39.8 Å². The molecule has 0 aromatic heterocycles. The average molecular weight is 490 g/mol. The molecular formula is C26H23ClF3NO3. The zero-order valence-corrected chi connectivity index (χ0v) is 18.9. The van der Waals surface area contributed by atoms with Gasteiger partial charge < -0.3 is 15.2 Å². The van der Waals surface area contributed by atoms with E-state index in [1.54, 1.807) is 0 Å². The van der Waals surface area contributed by atoms with E-state index in [4.69, 9.17) is 16.3 Å². The van der Waals surface area contributed by atoms with Crippen LogP contribution in [0.4, 0.5) is 18.9 Å². The van der Waals surface area contributed by atoms with Crippen LogP contribution in [-0.4, -0.2) is 17.1 Å². The van der Waals surface area contributed by atoms with Crippen LogP contribution in [0.2, 0.25) is 5.02 Å². The third kappa shape index (κ3) is 5.47. The molecule has 0 saturated heterocycles. The van der Waals surface area contributed by atoms with Crippen molar-refractivity contribution >= 4 is 23.2 Å². The van der Waals surface area contributed by atoms with Crippen molar-refractivity contribution in [3.63, 3.8) is 0 Å². The first-order valence-electron chi connectivity index (χ1n) is 10.9. The van der Waals surface area contributed by atoms with Gasteiger partial charge in [-0.2, -0.15) is 13.2 Å². The highest BCUT2D eigenvalue weighted by atomic mass is 35.5. The van der Waals surface area contributed by atoms with Gasteiger partial charge in [0.05, 0.1) is 16.8 Å². The summed E-state index contributed by atoms with van der Waals surface area (Å²) in [7, 11) is 0. The molecule has 34 heavy (non-hydrogen) atoms. The summed E-state index contributed by atoms with van der Waals surface area (Å²) < 4.78 is 46.5. The quantitative estimate of drug-likeness (QED) is 0.392. The van der Waals surface area contributed by atoms with Gasteiger partial charge in [0.15, 0.2) is 0 Å². The van der Waals surface area contributed by atoms with E-state index in [0.717, 1.165) is 43.4 Å². The molecule has 0 unspecified atom stereocenters. The zero-order valence-electron chi connectivity index (χ0n) is 18.1. The van der Waals surface area contributed by atoms with Gasteiger partial charge in [-0.25, -0.2) is 0 Å². The number of carbonyl (C=O) groups excluding carboxylic acids is 1. The molecule has 1 saturated carbocycles. The number of halogens is 4. The predicted molar refractivity (Wildman–Crippen MR) is 125 cm³/mol. The smallest absolute Gasteiger partial charge is 0.416 e. The molecule has 1 fully saturated rings. The van der Waals surface area contributed by atoms with Crippen molar-refractivity contribution in [2.24, 2.45) is 0 Å². The Balaban J connectivity index is 1.66. The van der Waals surface area contributed by atoms with Crippen LogP contribution in [0.25, 0.3) is 0 Å². The predicted octanol–water partition coefficient (Wildman–Crippen LogP) is 7.42. The standard InChI is InChI=1S/C26H23ClF3NO3/c27-18-11-12-22(32)20(15-18)25(33)31-21-14-17(26(28,29)30)10-13-24(21)34-23-9-5-4-8-19(23)16-6-2-1-3-7-16/h1-3,6-7,10-15,19,23,32H,4-5,8-9H2,(H,31,33)/t19-,23-/m0/s1. The Kier molecular flexibility index (Phi) is 7.03. The molecule has 0 radical (unpaired) electrons. The third-order valence-electron chi connectivity index (χ3n) is 5.97. The summed E-state index contributed by atoms with van der Waals surface area (Å²) in [6.07, 6.45) is -1.26. The number of alkyl halides is 3. The Bertz CT molecular complexity index is 1170. The van der Waals surface area contributed by atoms with Crippen LogP contribution in [0.15, 0.2) is 66.7 Å². The summed E-state index contributed by atoms with van der Waals surface area (Å²) in [6, 6.07) is 16.7. The van der Waals surface area contributed by atoms with Crippen LogP contribution in [0.3, 0.4) is 0 Å². The Morgan fingerprint density at radius 2 is 1.74 bits per heavy atom. The summed E-state index contributed by atoms with van der Waals surface area (Å²) >= 11 is 5.92. The van der Waals surface area contributed by atoms with Crippen molar-refractivity contribution in [3.05, 3.63) is 88.4 Å². The van der Waals surface area contributed by atoms with Crippen LogP contribution in [0.1, 0.15) is 53.1 Å². The maximum absolute atomic E-state index is 13.4. The van der Waals surface area contributed by atoms with E-state index >= 15 is 0 Å². The lowest BCUT2D eigenvalue weighted by atomic mass is 9.81. The summed E-state index contributed by atoms with van der Waals surface area (Å²) in [4.78, 5) is 12.8. The molecule has 0 heterocycles. The minimum atomic E-state index is -4.60. The highest BCUT2D eigenvalue weighted by Gasteiger charge is 2.33. The third-order valence-corrected chi connectivity index (χ3v) is 6.20. The molecule has 8 heteroatoms. The SMILES string of the molecule is O=C(Nc1cc(C(F)(F)F)ccc1O[C@H]1CCCC[C@H]1c1ccccc1)c1cc(Cl)ccc1O. The van der Waals surface area contributed by atoms with Crippen molar-refractivity contribution in [2.45, 2.75) is 43.9 Å². The molecule has 2 atom stereocenters. The fourth-order valence-electron chi connectivity index (χ4n) is 4.27. The maximum Gasteiger partial charge on any atom is 0.416 e. The van der Waals surface area contributed by atoms with Crippen molar-refractivity contribution in [1.29, 1.82) is 0 Å². The molecule has 178 valence electrons. The fraction of sp³-hybridized carbons (Fsp3) is 0.269. The molecule has 4 rings (SSSR count). The summed E-state index contributed by atoms with van der Waals surface area (Å²) in [5.41, 5.74) is -0.102. The molecule has 3 aromatic rings. The molecule has 0 spiro atoms. The first kappa shape index (κ1) is 24.0. The number of benzene rings is 3. The first-order chi connectivity index (χ1) is 16.2. The van der Waals surface area contributed by atoms with Crippen molar-refractivity contribution < 1.29 is 27.8 Å². The van der Waals surface area contributed by atoms with Crippen LogP contribution < -0.4 is 10.1 Å².